The van der Waals surface area contributed by atoms with E-state index in [1.165, 1.54) is 17.8 Å². The molecule has 0 spiro atoms. The lowest BCUT2D eigenvalue weighted by Gasteiger charge is -2.17. The van der Waals surface area contributed by atoms with Crippen LogP contribution in [0.1, 0.15) is 5.56 Å². The number of para-hydroxylation sites is 1. The fourth-order valence-electron chi connectivity index (χ4n) is 3.64. The predicted octanol–water partition coefficient (Wildman–Crippen LogP) is 4.48. The second kappa shape index (κ2) is 7.84. The van der Waals surface area contributed by atoms with Crippen molar-refractivity contribution in [2.24, 2.45) is 0 Å². The maximum atomic E-state index is 13.0. The second-order valence-electron chi connectivity index (χ2n) is 7.00. The van der Waals surface area contributed by atoms with Crippen LogP contribution >= 0.6 is 11.8 Å². The van der Waals surface area contributed by atoms with Crippen LogP contribution in [0.4, 0.5) is 11.4 Å². The number of rotatable bonds is 5. The Balaban J connectivity index is 1.39. The van der Waals surface area contributed by atoms with Gasteiger partial charge in [-0.3, -0.25) is 14.9 Å². The predicted molar refractivity (Wildman–Crippen MR) is 117 cm³/mol. The molecule has 0 saturated heterocycles. The lowest BCUT2D eigenvalue weighted by molar-refractivity contribution is -0.384. The number of nitrogens with zero attached hydrogens (tertiary/aromatic N) is 4. The quantitative estimate of drug-likeness (QED) is 0.198. The smallest absolute Gasteiger partial charge is 0.269 e. The fourth-order valence-corrected chi connectivity index (χ4v) is 4.54. The standard InChI is InChI=1S/C22H16N4O4S/c27-20(25-10-9-14-12-15(26(28)29)7-8-18(14)25)13-31-22-16-4-1-2-5-17(16)23-21(24-22)19-6-3-11-30-19/h1-8,11-12H,9-10,13H2. The number of nitro benzene ring substituents is 1. The van der Waals surface area contributed by atoms with Gasteiger partial charge in [0.25, 0.3) is 5.69 Å². The SMILES string of the molecule is O=C(CSc1nc(-c2ccco2)nc2ccccc12)N1CCc2cc([N+](=O)[O-])ccc21. The summed E-state index contributed by atoms with van der Waals surface area (Å²) in [6.07, 6.45) is 2.17. The number of anilines is 1. The lowest BCUT2D eigenvalue weighted by Crippen LogP contribution is -2.30. The Labute approximate surface area is 181 Å². The van der Waals surface area contributed by atoms with Crippen LogP contribution in [0.5, 0.6) is 0 Å². The van der Waals surface area contributed by atoms with E-state index in [9.17, 15) is 14.9 Å². The molecule has 0 saturated carbocycles. The van der Waals surface area contributed by atoms with Crippen molar-refractivity contribution in [3.8, 4) is 11.6 Å². The molecule has 2 aromatic heterocycles. The number of non-ortho nitro benzene ring substituents is 1. The van der Waals surface area contributed by atoms with Crippen LogP contribution in [0.2, 0.25) is 0 Å². The maximum absolute atomic E-state index is 13.0. The molecule has 4 aromatic rings. The average molecular weight is 432 g/mol. The van der Waals surface area contributed by atoms with Crippen LogP contribution in [0, 0.1) is 10.1 Å². The van der Waals surface area contributed by atoms with Gasteiger partial charge in [0.1, 0.15) is 5.03 Å². The summed E-state index contributed by atoms with van der Waals surface area (Å²) in [5.74, 6) is 1.15. The van der Waals surface area contributed by atoms with Gasteiger partial charge in [0.15, 0.2) is 11.6 Å². The first-order valence-corrected chi connectivity index (χ1v) is 10.6. The van der Waals surface area contributed by atoms with Gasteiger partial charge in [-0.1, -0.05) is 30.0 Å². The number of hydrogen-bond acceptors (Lipinski definition) is 7. The minimum absolute atomic E-state index is 0.0420. The van der Waals surface area contributed by atoms with Crippen molar-refractivity contribution in [3.05, 3.63) is 76.5 Å². The first-order valence-electron chi connectivity index (χ1n) is 9.61. The Hall–Kier alpha value is -3.72. The van der Waals surface area contributed by atoms with Gasteiger partial charge in [-0.05, 0) is 36.2 Å². The molecule has 154 valence electrons. The molecule has 9 heteroatoms. The number of nitro groups is 1. The van der Waals surface area contributed by atoms with Gasteiger partial charge in [0, 0.05) is 29.8 Å². The molecule has 31 heavy (non-hydrogen) atoms. The summed E-state index contributed by atoms with van der Waals surface area (Å²) in [5.41, 5.74) is 2.37. The molecule has 1 aliphatic rings. The highest BCUT2D eigenvalue weighted by Gasteiger charge is 2.26. The van der Waals surface area contributed by atoms with Gasteiger partial charge in [0.05, 0.1) is 22.5 Å². The molecule has 0 atom stereocenters. The van der Waals surface area contributed by atoms with E-state index in [1.807, 2.05) is 24.3 Å². The zero-order valence-corrected chi connectivity index (χ0v) is 17.0. The average Bonchev–Trinajstić information content (AvgIpc) is 3.46. The lowest BCUT2D eigenvalue weighted by atomic mass is 10.1. The van der Waals surface area contributed by atoms with E-state index in [0.717, 1.165) is 22.2 Å². The molecule has 0 unspecified atom stereocenters. The van der Waals surface area contributed by atoms with Gasteiger partial charge in [-0.25, -0.2) is 9.97 Å². The summed E-state index contributed by atoms with van der Waals surface area (Å²) in [6.45, 7) is 0.512. The molecule has 0 aliphatic carbocycles. The number of furan rings is 1. The number of amides is 1. The maximum Gasteiger partial charge on any atom is 0.269 e. The van der Waals surface area contributed by atoms with E-state index in [-0.39, 0.29) is 17.3 Å². The molecular formula is C22H16N4O4S. The number of benzene rings is 2. The molecule has 1 aliphatic heterocycles. The van der Waals surface area contributed by atoms with Crippen molar-refractivity contribution in [3.63, 3.8) is 0 Å². The molecule has 0 bridgehead atoms. The summed E-state index contributed by atoms with van der Waals surface area (Å²) >= 11 is 1.35. The Kier molecular flexibility index (Phi) is 4.87. The van der Waals surface area contributed by atoms with Gasteiger partial charge < -0.3 is 9.32 Å². The number of carbonyl (C=O) groups is 1. The number of aromatic nitrogens is 2. The Bertz CT molecular complexity index is 1310. The minimum Gasteiger partial charge on any atom is -0.461 e. The highest BCUT2D eigenvalue weighted by molar-refractivity contribution is 8.00. The van der Waals surface area contributed by atoms with Gasteiger partial charge in [-0.2, -0.15) is 0 Å². The Morgan fingerprint density at radius 3 is 2.84 bits per heavy atom. The van der Waals surface area contributed by atoms with Crippen LogP contribution in [-0.4, -0.2) is 33.1 Å². The molecule has 2 aromatic carbocycles. The summed E-state index contributed by atoms with van der Waals surface area (Å²) in [7, 11) is 0. The number of carbonyl (C=O) groups excluding carboxylic acids is 1. The van der Waals surface area contributed by atoms with E-state index in [2.05, 4.69) is 9.97 Å². The Morgan fingerprint density at radius 1 is 1.16 bits per heavy atom. The molecule has 8 nitrogen and oxygen atoms in total. The molecule has 0 fully saturated rings. The zero-order chi connectivity index (χ0) is 21.4. The van der Waals surface area contributed by atoms with E-state index in [1.54, 1.807) is 35.4 Å². The van der Waals surface area contributed by atoms with Crippen LogP contribution in [0.3, 0.4) is 0 Å². The normalized spacial score (nSPS) is 12.8. The molecule has 1 amide bonds. The van der Waals surface area contributed by atoms with E-state index >= 15 is 0 Å². The second-order valence-corrected chi connectivity index (χ2v) is 7.97. The van der Waals surface area contributed by atoms with Gasteiger partial charge in [0.2, 0.25) is 5.91 Å². The third-order valence-corrected chi connectivity index (χ3v) is 6.09. The first-order chi connectivity index (χ1) is 15.1. The summed E-state index contributed by atoms with van der Waals surface area (Å²) in [5, 5.41) is 12.6. The van der Waals surface area contributed by atoms with Gasteiger partial charge >= 0.3 is 0 Å². The number of fused-ring (bicyclic) bond motifs is 2. The molecule has 5 rings (SSSR count). The number of thioether (sulfide) groups is 1. The first kappa shape index (κ1) is 19.3. The third-order valence-electron chi connectivity index (χ3n) is 5.11. The topological polar surface area (TPSA) is 102 Å². The fraction of sp³-hybridized carbons (Fsp3) is 0.136. The molecule has 0 radical (unpaired) electrons. The van der Waals surface area contributed by atoms with Crippen LogP contribution < -0.4 is 4.90 Å². The van der Waals surface area contributed by atoms with Crippen LogP contribution in [0.15, 0.2) is 70.3 Å². The van der Waals surface area contributed by atoms with Crippen molar-refractivity contribution in [1.82, 2.24) is 9.97 Å². The van der Waals surface area contributed by atoms with Crippen molar-refractivity contribution < 1.29 is 14.1 Å². The molecule has 3 heterocycles. The summed E-state index contributed by atoms with van der Waals surface area (Å²) in [4.78, 5) is 34.4. The largest absolute Gasteiger partial charge is 0.461 e. The van der Waals surface area contributed by atoms with E-state index < -0.39 is 4.92 Å². The van der Waals surface area contributed by atoms with Crippen LogP contribution in [-0.2, 0) is 11.2 Å². The highest BCUT2D eigenvalue weighted by atomic mass is 32.2. The van der Waals surface area contributed by atoms with Crippen molar-refractivity contribution in [2.75, 3.05) is 17.2 Å². The van der Waals surface area contributed by atoms with Crippen molar-refractivity contribution in [1.29, 1.82) is 0 Å². The third kappa shape index (κ3) is 3.64. The zero-order valence-electron chi connectivity index (χ0n) is 16.2. The summed E-state index contributed by atoms with van der Waals surface area (Å²) in [6, 6.07) is 15.8. The monoisotopic (exact) mass is 432 g/mol. The van der Waals surface area contributed by atoms with Crippen LogP contribution in [0.25, 0.3) is 22.5 Å². The van der Waals surface area contributed by atoms with Crippen molar-refractivity contribution >= 4 is 39.9 Å². The highest BCUT2D eigenvalue weighted by Crippen LogP contribution is 2.33. The molecule has 0 N–H and O–H groups in total. The summed E-state index contributed by atoms with van der Waals surface area (Å²) < 4.78 is 5.44. The van der Waals surface area contributed by atoms with E-state index in [0.29, 0.717) is 29.6 Å². The molecular weight excluding hydrogens is 416 g/mol. The number of hydrogen-bond donors (Lipinski definition) is 0. The van der Waals surface area contributed by atoms with E-state index in [4.69, 9.17) is 4.42 Å². The Morgan fingerprint density at radius 2 is 2.03 bits per heavy atom. The minimum atomic E-state index is -0.419. The van der Waals surface area contributed by atoms with Crippen molar-refractivity contribution in [2.45, 2.75) is 11.4 Å². The van der Waals surface area contributed by atoms with Gasteiger partial charge in [-0.15, -0.1) is 0 Å².